The summed E-state index contributed by atoms with van der Waals surface area (Å²) < 4.78 is 75.0. The molecule has 2 saturated heterocycles. The number of halogens is 6. The number of hydrogen-bond acceptors (Lipinski definition) is 6. The lowest BCUT2D eigenvalue weighted by molar-refractivity contribution is -0.145. The highest BCUT2D eigenvalue weighted by molar-refractivity contribution is 6.31. The molecule has 3 aromatic rings. The van der Waals surface area contributed by atoms with Gasteiger partial charge in [-0.05, 0) is 49.6 Å². The van der Waals surface area contributed by atoms with Crippen molar-refractivity contribution in [3.63, 3.8) is 0 Å². The van der Waals surface area contributed by atoms with E-state index in [9.17, 15) is 26.7 Å². The molecule has 0 N–H and O–H groups in total. The van der Waals surface area contributed by atoms with Crippen LogP contribution in [0.15, 0.2) is 48.7 Å². The molecule has 2 aromatic carbocycles. The highest BCUT2D eigenvalue weighted by atomic mass is 35.5. The Hall–Kier alpha value is -3.38. The normalized spacial score (nSPS) is 22.0. The van der Waals surface area contributed by atoms with E-state index >= 15 is 0 Å². The Balaban J connectivity index is 1.19. The van der Waals surface area contributed by atoms with Crippen LogP contribution in [0.25, 0.3) is 11.1 Å². The molecule has 13 heteroatoms. The van der Waals surface area contributed by atoms with E-state index in [1.807, 2.05) is 41.3 Å². The van der Waals surface area contributed by atoms with Gasteiger partial charge >= 0.3 is 12.1 Å². The van der Waals surface area contributed by atoms with Crippen LogP contribution in [0.4, 0.5) is 33.3 Å². The minimum Gasteiger partial charge on any atom is -0.462 e. The molecule has 1 aliphatic carbocycles. The summed E-state index contributed by atoms with van der Waals surface area (Å²) in [6.45, 7) is 5.78. The van der Waals surface area contributed by atoms with Crippen molar-refractivity contribution in [2.24, 2.45) is 5.92 Å². The number of hydrogen-bond donors (Lipinski definition) is 0. The molecule has 242 valence electrons. The van der Waals surface area contributed by atoms with Gasteiger partial charge in [-0.25, -0.2) is 13.6 Å². The predicted octanol–water partition coefficient (Wildman–Crippen LogP) is 7.02. The van der Waals surface area contributed by atoms with Crippen molar-refractivity contribution in [2.45, 2.75) is 44.3 Å². The zero-order chi connectivity index (χ0) is 31.9. The number of benzene rings is 2. The maximum Gasteiger partial charge on any atom is 0.433 e. The minimum atomic E-state index is -4.79. The molecule has 1 saturated carbocycles. The first kappa shape index (κ1) is 31.6. The van der Waals surface area contributed by atoms with Gasteiger partial charge in [0.25, 0.3) is 5.92 Å². The summed E-state index contributed by atoms with van der Waals surface area (Å²) in [7, 11) is 0. The van der Waals surface area contributed by atoms with Gasteiger partial charge in [-0.3, -0.25) is 9.58 Å². The van der Waals surface area contributed by atoms with Crippen molar-refractivity contribution in [1.82, 2.24) is 14.7 Å². The standard InChI is InChI=1S/C32H35ClF5N5O2/c1-2-45-30(44)27-18-39-43(29(27)32(36,37)38)25-4-3-11-42(20-25)28-16-23(33)7-10-26(28)21-5-8-24(9-6-21)41-14-12-40(13-15-41)19-22-17-31(22,34)35/h5-10,16,18,22,25H,2-4,11-15,17,19-20H2,1H3. The molecular weight excluding hydrogens is 617 g/mol. The highest BCUT2D eigenvalue weighted by Crippen LogP contribution is 2.49. The fourth-order valence-electron chi connectivity index (χ4n) is 6.48. The van der Waals surface area contributed by atoms with Gasteiger partial charge in [-0.2, -0.15) is 18.3 Å². The van der Waals surface area contributed by atoms with E-state index < -0.39 is 41.3 Å². The lowest BCUT2D eigenvalue weighted by Crippen LogP contribution is -2.47. The van der Waals surface area contributed by atoms with Crippen LogP contribution in [0, 0.1) is 5.92 Å². The Labute approximate surface area is 263 Å². The van der Waals surface area contributed by atoms with Crippen LogP contribution in [0.1, 0.15) is 48.3 Å². The van der Waals surface area contributed by atoms with E-state index in [1.165, 1.54) is 6.92 Å². The summed E-state index contributed by atoms with van der Waals surface area (Å²) in [5.74, 6) is -4.06. The summed E-state index contributed by atoms with van der Waals surface area (Å²) in [5, 5.41) is 4.53. The Morgan fingerprint density at radius 2 is 1.76 bits per heavy atom. The molecule has 3 fully saturated rings. The molecule has 2 atom stereocenters. The average Bonchev–Trinajstić information content (AvgIpc) is 3.38. The molecule has 0 amide bonds. The predicted molar refractivity (Wildman–Crippen MR) is 162 cm³/mol. The number of rotatable bonds is 8. The molecule has 0 spiro atoms. The number of carbonyl (C=O) groups excluding carboxylic acids is 1. The van der Waals surface area contributed by atoms with Crippen molar-refractivity contribution < 1.29 is 31.5 Å². The van der Waals surface area contributed by atoms with Gasteiger partial charge < -0.3 is 14.5 Å². The SMILES string of the molecule is CCOC(=O)c1cnn(C2CCCN(c3cc(Cl)ccc3-c3ccc(N4CCN(CC5CC5(F)F)CC4)cc3)C2)c1C(F)(F)F. The van der Waals surface area contributed by atoms with E-state index in [-0.39, 0.29) is 19.6 Å². The second-order valence-electron chi connectivity index (χ2n) is 12.0. The van der Waals surface area contributed by atoms with Gasteiger partial charge in [0, 0.05) is 80.1 Å². The molecule has 0 bridgehead atoms. The van der Waals surface area contributed by atoms with E-state index in [4.69, 9.17) is 16.3 Å². The van der Waals surface area contributed by atoms with Crippen LogP contribution >= 0.6 is 11.6 Å². The van der Waals surface area contributed by atoms with Crippen LogP contribution in [-0.4, -0.2) is 79.0 Å². The van der Waals surface area contributed by atoms with Gasteiger partial charge in [0.15, 0.2) is 5.69 Å². The third kappa shape index (κ3) is 6.77. The quantitative estimate of drug-likeness (QED) is 0.193. The maximum absolute atomic E-state index is 14.2. The molecule has 3 aliphatic rings. The van der Waals surface area contributed by atoms with Gasteiger partial charge in [0.1, 0.15) is 5.56 Å². The van der Waals surface area contributed by atoms with Crippen molar-refractivity contribution in [3.8, 4) is 11.1 Å². The summed E-state index contributed by atoms with van der Waals surface area (Å²) in [4.78, 5) is 18.7. The van der Waals surface area contributed by atoms with Crippen LogP contribution in [0.5, 0.6) is 0 Å². The first-order chi connectivity index (χ1) is 21.4. The zero-order valence-corrected chi connectivity index (χ0v) is 25.6. The first-order valence-corrected chi connectivity index (χ1v) is 15.6. The number of esters is 1. The number of carbonyl (C=O) groups is 1. The topological polar surface area (TPSA) is 53.8 Å². The van der Waals surface area contributed by atoms with Crippen molar-refractivity contribution >= 4 is 28.9 Å². The lowest BCUT2D eigenvalue weighted by atomic mass is 9.99. The molecule has 0 radical (unpaired) electrons. The molecule has 3 heterocycles. The summed E-state index contributed by atoms with van der Waals surface area (Å²) >= 11 is 6.42. The van der Waals surface area contributed by atoms with Gasteiger partial charge in [0.05, 0.1) is 18.8 Å². The Morgan fingerprint density at radius 3 is 2.40 bits per heavy atom. The molecule has 2 aliphatic heterocycles. The third-order valence-electron chi connectivity index (χ3n) is 8.95. The smallest absolute Gasteiger partial charge is 0.433 e. The fourth-order valence-corrected chi connectivity index (χ4v) is 6.65. The summed E-state index contributed by atoms with van der Waals surface area (Å²) in [6.07, 6.45) is -2.77. The van der Waals surface area contributed by atoms with Gasteiger partial charge in [-0.15, -0.1) is 0 Å². The highest BCUT2D eigenvalue weighted by Gasteiger charge is 2.57. The number of nitrogens with zero attached hydrogens (tertiary/aromatic N) is 5. The summed E-state index contributed by atoms with van der Waals surface area (Å²) in [6, 6.07) is 13.0. The molecular formula is C32H35ClF5N5O2. The Kier molecular flexibility index (Phi) is 8.73. The fraction of sp³-hybridized carbons (Fsp3) is 0.500. The number of piperidine rings is 1. The Bertz CT molecular complexity index is 1520. The minimum absolute atomic E-state index is 0.00625. The molecule has 2 unspecified atom stereocenters. The number of alkyl halides is 5. The second kappa shape index (κ2) is 12.4. The second-order valence-corrected chi connectivity index (χ2v) is 12.4. The number of ether oxygens (including phenoxy) is 1. The number of aromatic nitrogens is 2. The third-order valence-corrected chi connectivity index (χ3v) is 9.19. The van der Waals surface area contributed by atoms with Crippen LogP contribution in [0.3, 0.4) is 0 Å². The van der Waals surface area contributed by atoms with Crippen LogP contribution in [-0.2, 0) is 10.9 Å². The zero-order valence-electron chi connectivity index (χ0n) is 24.9. The van der Waals surface area contributed by atoms with E-state index in [2.05, 4.69) is 14.9 Å². The van der Waals surface area contributed by atoms with Gasteiger partial charge in [-0.1, -0.05) is 29.8 Å². The van der Waals surface area contributed by atoms with E-state index in [1.54, 1.807) is 6.07 Å². The van der Waals surface area contributed by atoms with E-state index in [0.29, 0.717) is 31.0 Å². The van der Waals surface area contributed by atoms with Gasteiger partial charge in [0.2, 0.25) is 0 Å². The molecule has 7 nitrogen and oxygen atoms in total. The van der Waals surface area contributed by atoms with E-state index in [0.717, 1.165) is 59.6 Å². The van der Waals surface area contributed by atoms with Crippen molar-refractivity contribution in [1.29, 1.82) is 0 Å². The average molecular weight is 652 g/mol. The number of piperazine rings is 1. The van der Waals surface area contributed by atoms with Crippen LogP contribution < -0.4 is 9.80 Å². The van der Waals surface area contributed by atoms with Crippen molar-refractivity contribution in [3.05, 3.63) is 64.9 Å². The summed E-state index contributed by atoms with van der Waals surface area (Å²) in [5.41, 5.74) is 1.99. The Morgan fingerprint density at radius 1 is 1.04 bits per heavy atom. The monoisotopic (exact) mass is 651 g/mol. The number of anilines is 2. The largest absolute Gasteiger partial charge is 0.462 e. The lowest BCUT2D eigenvalue weighted by Gasteiger charge is -2.37. The maximum atomic E-state index is 14.2. The molecule has 6 rings (SSSR count). The van der Waals surface area contributed by atoms with Crippen LogP contribution in [0.2, 0.25) is 5.02 Å². The van der Waals surface area contributed by atoms with Crippen molar-refractivity contribution in [2.75, 3.05) is 62.2 Å². The first-order valence-electron chi connectivity index (χ1n) is 15.3. The molecule has 1 aromatic heterocycles. The molecule has 45 heavy (non-hydrogen) atoms.